The minimum absolute atomic E-state index is 0.741. The molecule has 2 heterocycles. The first kappa shape index (κ1) is 10.6. The lowest BCUT2D eigenvalue weighted by molar-refractivity contribution is 0.785. The Morgan fingerprint density at radius 3 is 2.93 bits per heavy atom. The van der Waals surface area contributed by atoms with E-state index >= 15 is 0 Å². The average Bonchev–Trinajstić information content (AvgIpc) is 2.56. The number of fused-ring (bicyclic) bond motifs is 1. The Morgan fingerprint density at radius 1 is 1.47 bits per heavy atom. The molecule has 2 rings (SSSR count). The van der Waals surface area contributed by atoms with Crippen molar-refractivity contribution in [1.82, 2.24) is 19.9 Å². The molecule has 0 bridgehead atoms. The van der Waals surface area contributed by atoms with Crippen molar-refractivity contribution in [3.63, 3.8) is 0 Å². The number of nitrogens with zero attached hydrogens (tertiary/aromatic N) is 3. The Kier molecular flexibility index (Phi) is 3.02. The van der Waals surface area contributed by atoms with Crippen LogP contribution in [0.4, 0.5) is 0 Å². The first-order valence-electron chi connectivity index (χ1n) is 4.94. The summed E-state index contributed by atoms with van der Waals surface area (Å²) in [5.41, 5.74) is 2.93. The number of imidazole rings is 1. The topological polar surface area (TPSA) is 42.2 Å². The summed E-state index contributed by atoms with van der Waals surface area (Å²) in [6, 6.07) is 4.01. The van der Waals surface area contributed by atoms with Gasteiger partial charge < -0.3 is 5.32 Å². The zero-order valence-corrected chi connectivity index (χ0v) is 10.4. The van der Waals surface area contributed by atoms with E-state index in [9.17, 15) is 0 Å². The minimum Gasteiger partial charge on any atom is -0.314 e. The molecule has 15 heavy (non-hydrogen) atoms. The summed E-state index contributed by atoms with van der Waals surface area (Å²) in [7, 11) is 1.90. The first-order valence-corrected chi connectivity index (χ1v) is 5.73. The molecular formula is C10H13BrN4. The smallest absolute Gasteiger partial charge is 0.155 e. The maximum atomic E-state index is 4.48. The molecule has 0 atom stereocenters. The molecule has 2 aromatic rings. The molecule has 0 spiro atoms. The highest BCUT2D eigenvalue weighted by Gasteiger charge is 2.09. The van der Waals surface area contributed by atoms with Crippen molar-refractivity contribution >= 4 is 21.6 Å². The fraction of sp³-hybridized carbons (Fsp3) is 0.400. The van der Waals surface area contributed by atoms with Gasteiger partial charge in [0.25, 0.3) is 0 Å². The summed E-state index contributed by atoms with van der Waals surface area (Å²) in [6.07, 6.45) is 0.932. The maximum Gasteiger partial charge on any atom is 0.155 e. The summed E-state index contributed by atoms with van der Waals surface area (Å²) in [5.74, 6) is 0. The van der Waals surface area contributed by atoms with Crippen LogP contribution in [0.3, 0.4) is 0 Å². The van der Waals surface area contributed by atoms with Gasteiger partial charge in [0, 0.05) is 6.54 Å². The van der Waals surface area contributed by atoms with Gasteiger partial charge in [-0.1, -0.05) is 6.92 Å². The molecule has 4 nitrogen and oxygen atoms in total. The van der Waals surface area contributed by atoms with Crippen molar-refractivity contribution in [2.45, 2.75) is 19.9 Å². The molecule has 0 amide bonds. The summed E-state index contributed by atoms with van der Waals surface area (Å²) < 4.78 is 2.77. The molecule has 0 saturated carbocycles. The standard InChI is InChI=1S/C10H13BrN4/c1-3-7-4-5-9-13-8(6-12-2)10(11)15(9)14-7/h4-5,12H,3,6H2,1-2H3. The van der Waals surface area contributed by atoms with E-state index in [1.807, 2.05) is 23.7 Å². The molecular weight excluding hydrogens is 256 g/mol. The normalized spacial score (nSPS) is 11.1. The van der Waals surface area contributed by atoms with E-state index in [1.54, 1.807) is 0 Å². The maximum absolute atomic E-state index is 4.48. The molecule has 0 aliphatic carbocycles. The van der Waals surface area contributed by atoms with Gasteiger partial charge in [0.2, 0.25) is 0 Å². The number of hydrogen-bond donors (Lipinski definition) is 1. The fourth-order valence-electron chi connectivity index (χ4n) is 1.46. The quantitative estimate of drug-likeness (QED) is 0.923. The van der Waals surface area contributed by atoms with Gasteiger partial charge in [0.05, 0.1) is 11.4 Å². The van der Waals surface area contributed by atoms with Gasteiger partial charge in [-0.25, -0.2) is 9.50 Å². The number of hydrogen-bond acceptors (Lipinski definition) is 3. The number of halogens is 1. The molecule has 5 heteroatoms. The third-order valence-corrected chi connectivity index (χ3v) is 3.04. The van der Waals surface area contributed by atoms with Crippen molar-refractivity contribution in [2.24, 2.45) is 0 Å². The van der Waals surface area contributed by atoms with Crippen LogP contribution in [0, 0.1) is 0 Å². The van der Waals surface area contributed by atoms with Crippen LogP contribution in [0.25, 0.3) is 5.65 Å². The molecule has 0 saturated heterocycles. The summed E-state index contributed by atoms with van der Waals surface area (Å²) in [5, 5.41) is 7.56. The highest BCUT2D eigenvalue weighted by Crippen LogP contribution is 2.17. The van der Waals surface area contributed by atoms with Crippen LogP contribution in [0.1, 0.15) is 18.3 Å². The highest BCUT2D eigenvalue weighted by molar-refractivity contribution is 9.10. The van der Waals surface area contributed by atoms with Crippen LogP contribution >= 0.6 is 15.9 Å². The molecule has 80 valence electrons. The number of aromatic nitrogens is 3. The Morgan fingerprint density at radius 2 is 2.27 bits per heavy atom. The third kappa shape index (κ3) is 1.89. The lowest BCUT2D eigenvalue weighted by atomic mass is 10.3. The molecule has 0 aliphatic rings. The van der Waals surface area contributed by atoms with Crippen LogP contribution in [0.2, 0.25) is 0 Å². The summed E-state index contributed by atoms with van der Waals surface area (Å²) in [6.45, 7) is 2.83. The molecule has 0 fully saturated rings. The van der Waals surface area contributed by atoms with Crippen molar-refractivity contribution in [2.75, 3.05) is 7.05 Å². The van der Waals surface area contributed by atoms with Crippen LogP contribution < -0.4 is 5.32 Å². The molecule has 1 N–H and O–H groups in total. The van der Waals surface area contributed by atoms with Gasteiger partial charge >= 0.3 is 0 Å². The Hall–Kier alpha value is -0.940. The first-order chi connectivity index (χ1) is 7.26. The van der Waals surface area contributed by atoms with Gasteiger partial charge in [0.15, 0.2) is 5.65 Å². The van der Waals surface area contributed by atoms with Crippen molar-refractivity contribution in [3.05, 3.63) is 28.1 Å². The molecule has 0 aromatic carbocycles. The average molecular weight is 269 g/mol. The summed E-state index contributed by atoms with van der Waals surface area (Å²) in [4.78, 5) is 4.47. The van der Waals surface area contributed by atoms with Crippen LogP contribution in [-0.2, 0) is 13.0 Å². The van der Waals surface area contributed by atoms with E-state index in [4.69, 9.17) is 0 Å². The van der Waals surface area contributed by atoms with E-state index in [1.165, 1.54) is 0 Å². The molecule has 0 radical (unpaired) electrons. The van der Waals surface area contributed by atoms with Gasteiger partial charge in [0.1, 0.15) is 4.60 Å². The van der Waals surface area contributed by atoms with Gasteiger partial charge in [-0.05, 0) is 41.5 Å². The Bertz CT molecular complexity index is 477. The lowest BCUT2D eigenvalue weighted by Gasteiger charge is -1.98. The van der Waals surface area contributed by atoms with E-state index in [0.717, 1.165) is 34.6 Å². The SMILES string of the molecule is CCc1ccc2nc(CNC)c(Br)n2n1. The van der Waals surface area contributed by atoms with Crippen LogP contribution in [-0.4, -0.2) is 21.6 Å². The highest BCUT2D eigenvalue weighted by atomic mass is 79.9. The van der Waals surface area contributed by atoms with Gasteiger partial charge in [-0.2, -0.15) is 5.10 Å². The van der Waals surface area contributed by atoms with E-state index in [2.05, 4.69) is 38.3 Å². The van der Waals surface area contributed by atoms with Gasteiger partial charge in [-0.3, -0.25) is 0 Å². The van der Waals surface area contributed by atoms with Gasteiger partial charge in [-0.15, -0.1) is 0 Å². The zero-order chi connectivity index (χ0) is 10.8. The van der Waals surface area contributed by atoms with E-state index < -0.39 is 0 Å². The summed E-state index contributed by atoms with van der Waals surface area (Å²) >= 11 is 3.51. The van der Waals surface area contributed by atoms with E-state index in [-0.39, 0.29) is 0 Å². The van der Waals surface area contributed by atoms with Crippen LogP contribution in [0.15, 0.2) is 16.7 Å². The second-order valence-electron chi connectivity index (χ2n) is 3.33. The predicted molar refractivity (Wildman–Crippen MR) is 62.8 cm³/mol. The zero-order valence-electron chi connectivity index (χ0n) is 8.79. The Balaban J connectivity index is 2.56. The number of rotatable bonds is 3. The third-order valence-electron chi connectivity index (χ3n) is 2.25. The molecule has 0 aliphatic heterocycles. The van der Waals surface area contributed by atoms with Crippen LogP contribution in [0.5, 0.6) is 0 Å². The van der Waals surface area contributed by atoms with Crippen molar-refractivity contribution in [3.8, 4) is 0 Å². The van der Waals surface area contributed by atoms with Crippen molar-refractivity contribution < 1.29 is 0 Å². The minimum atomic E-state index is 0.741. The second-order valence-corrected chi connectivity index (χ2v) is 4.08. The largest absolute Gasteiger partial charge is 0.314 e. The number of nitrogens with one attached hydrogen (secondary N) is 1. The van der Waals surface area contributed by atoms with Crippen molar-refractivity contribution in [1.29, 1.82) is 0 Å². The Labute approximate surface area is 96.8 Å². The second kappa shape index (κ2) is 4.28. The number of aryl methyl sites for hydroxylation is 1. The predicted octanol–water partition coefficient (Wildman–Crippen LogP) is 1.77. The fourth-order valence-corrected chi connectivity index (χ4v) is 1.95. The van der Waals surface area contributed by atoms with E-state index in [0.29, 0.717) is 0 Å². The monoisotopic (exact) mass is 268 g/mol. The lowest BCUT2D eigenvalue weighted by Crippen LogP contribution is -2.06. The molecule has 0 unspecified atom stereocenters. The molecule has 2 aromatic heterocycles.